The number of amides is 1. The number of ether oxygens (including phenoxy) is 1. The molecule has 0 saturated carbocycles. The van der Waals surface area contributed by atoms with Crippen molar-refractivity contribution in [3.05, 3.63) is 10.4 Å². The largest absolute Gasteiger partial charge is 0.449 e. The molecule has 0 aromatic carbocycles. The van der Waals surface area contributed by atoms with Gasteiger partial charge in [-0.3, -0.25) is 0 Å². The fraction of sp³-hybridized carbons (Fsp3) is 0.900. The van der Waals surface area contributed by atoms with Gasteiger partial charge in [-0.25, -0.2) is 4.79 Å². The van der Waals surface area contributed by atoms with Gasteiger partial charge in [0.15, 0.2) is 0 Å². The zero-order chi connectivity index (χ0) is 12.7. The third-order valence-electron chi connectivity index (χ3n) is 2.73. The van der Waals surface area contributed by atoms with Crippen LogP contribution in [0.2, 0.25) is 0 Å². The first-order valence-corrected chi connectivity index (χ1v) is 5.83. The van der Waals surface area contributed by atoms with Gasteiger partial charge in [0.25, 0.3) is 0 Å². The second-order valence-corrected chi connectivity index (χ2v) is 4.04. The van der Waals surface area contributed by atoms with Gasteiger partial charge in [-0.15, -0.1) is 0 Å². The van der Waals surface area contributed by atoms with E-state index < -0.39 is 18.2 Å². The van der Waals surface area contributed by atoms with Crippen molar-refractivity contribution < 1.29 is 14.6 Å². The first-order chi connectivity index (χ1) is 8.19. The zero-order valence-electron chi connectivity index (χ0n) is 9.95. The molecule has 0 aromatic heterocycles. The Morgan fingerprint density at radius 2 is 2.47 bits per heavy atom. The number of unbranched alkanes of at least 4 members (excludes halogenated alkanes) is 1. The maximum absolute atomic E-state index is 11.6. The molecule has 1 N–H and O–H groups in total. The number of hydrogen-bond donors (Lipinski definition) is 1. The minimum absolute atomic E-state index is 0.161. The van der Waals surface area contributed by atoms with Gasteiger partial charge in [0.05, 0.1) is 25.3 Å². The van der Waals surface area contributed by atoms with Gasteiger partial charge in [0.1, 0.15) is 0 Å². The predicted octanol–water partition coefficient (Wildman–Crippen LogP) is 1.67. The number of aliphatic hydroxyl groups is 1. The minimum atomic E-state index is -0.807. The number of carbonyl (C=O) groups is 1. The van der Waals surface area contributed by atoms with Crippen LogP contribution >= 0.6 is 0 Å². The van der Waals surface area contributed by atoms with E-state index in [1.807, 2.05) is 6.92 Å². The topological polar surface area (TPSA) is 98.5 Å². The predicted molar refractivity (Wildman–Crippen MR) is 61.4 cm³/mol. The van der Waals surface area contributed by atoms with E-state index >= 15 is 0 Å². The molecule has 1 aliphatic heterocycles. The van der Waals surface area contributed by atoms with E-state index in [1.54, 1.807) is 0 Å². The normalized spacial score (nSPS) is 24.0. The van der Waals surface area contributed by atoms with Crippen molar-refractivity contribution in [2.75, 3.05) is 19.7 Å². The van der Waals surface area contributed by atoms with Crippen LogP contribution in [0.4, 0.5) is 4.79 Å². The highest BCUT2D eigenvalue weighted by atomic mass is 16.6. The van der Waals surface area contributed by atoms with E-state index in [4.69, 9.17) is 10.3 Å². The number of nitrogens with zero attached hydrogens (tertiary/aromatic N) is 4. The summed E-state index contributed by atoms with van der Waals surface area (Å²) in [4.78, 5) is 15.7. The van der Waals surface area contributed by atoms with E-state index in [-0.39, 0.29) is 6.54 Å². The Bertz CT molecular complexity index is 304. The van der Waals surface area contributed by atoms with Gasteiger partial charge in [-0.1, -0.05) is 18.5 Å². The van der Waals surface area contributed by atoms with Gasteiger partial charge in [-0.05, 0) is 18.4 Å². The summed E-state index contributed by atoms with van der Waals surface area (Å²) in [7, 11) is 0. The summed E-state index contributed by atoms with van der Waals surface area (Å²) in [5.74, 6) is 0. The summed E-state index contributed by atoms with van der Waals surface area (Å²) in [6, 6.07) is -0.445. The highest BCUT2D eigenvalue weighted by Crippen LogP contribution is 2.15. The minimum Gasteiger partial charge on any atom is -0.449 e. The lowest BCUT2D eigenvalue weighted by molar-refractivity contribution is 0.0383. The van der Waals surface area contributed by atoms with Crippen molar-refractivity contribution in [3.8, 4) is 0 Å². The third-order valence-corrected chi connectivity index (χ3v) is 2.73. The smallest absolute Gasteiger partial charge is 0.409 e. The number of hydrogen-bond acceptors (Lipinski definition) is 4. The number of β-amino-alcohol motifs (C(OH)–C–C–N with tert-alkyl or cyclic N) is 1. The maximum Gasteiger partial charge on any atom is 0.409 e. The second-order valence-electron chi connectivity index (χ2n) is 4.04. The second kappa shape index (κ2) is 6.98. The number of piperidine rings is 1. The summed E-state index contributed by atoms with van der Waals surface area (Å²) in [5, 5.41) is 13.2. The van der Waals surface area contributed by atoms with Crippen LogP contribution < -0.4 is 0 Å². The van der Waals surface area contributed by atoms with Crippen LogP contribution in [-0.4, -0.2) is 47.9 Å². The molecule has 96 valence electrons. The molecule has 1 saturated heterocycles. The van der Waals surface area contributed by atoms with Gasteiger partial charge >= 0.3 is 6.09 Å². The first-order valence-electron chi connectivity index (χ1n) is 5.83. The van der Waals surface area contributed by atoms with Crippen molar-refractivity contribution in [2.24, 2.45) is 5.11 Å². The summed E-state index contributed by atoms with van der Waals surface area (Å²) in [6.45, 7) is 3.03. The van der Waals surface area contributed by atoms with Crippen LogP contribution in [0.1, 0.15) is 26.2 Å². The maximum atomic E-state index is 11.6. The van der Waals surface area contributed by atoms with Gasteiger partial charge in [0, 0.05) is 11.5 Å². The summed E-state index contributed by atoms with van der Waals surface area (Å²) in [6.07, 6.45) is 1.06. The average molecular weight is 242 g/mol. The van der Waals surface area contributed by atoms with Crippen molar-refractivity contribution in [2.45, 2.75) is 38.3 Å². The Hall–Kier alpha value is -1.46. The number of aliphatic hydroxyl groups excluding tert-OH is 1. The van der Waals surface area contributed by atoms with E-state index in [9.17, 15) is 9.90 Å². The molecular weight excluding hydrogens is 224 g/mol. The highest BCUT2D eigenvalue weighted by Gasteiger charge is 2.30. The monoisotopic (exact) mass is 242 g/mol. The molecule has 7 heteroatoms. The Morgan fingerprint density at radius 1 is 1.71 bits per heavy atom. The zero-order valence-corrected chi connectivity index (χ0v) is 9.95. The fourth-order valence-electron chi connectivity index (χ4n) is 1.68. The lowest BCUT2D eigenvalue weighted by Crippen LogP contribution is -2.48. The van der Waals surface area contributed by atoms with Crippen molar-refractivity contribution in [1.29, 1.82) is 0 Å². The molecule has 7 nitrogen and oxygen atoms in total. The van der Waals surface area contributed by atoms with Crippen LogP contribution in [0.25, 0.3) is 10.4 Å². The molecule has 1 aliphatic rings. The quantitative estimate of drug-likeness (QED) is 0.351. The van der Waals surface area contributed by atoms with Crippen molar-refractivity contribution in [3.63, 3.8) is 0 Å². The van der Waals surface area contributed by atoms with Crippen molar-refractivity contribution >= 4 is 6.09 Å². The number of carbonyl (C=O) groups excluding carboxylic acids is 1. The Kier molecular flexibility index (Phi) is 5.59. The molecule has 0 spiro atoms. The summed E-state index contributed by atoms with van der Waals surface area (Å²) >= 11 is 0. The molecule has 2 unspecified atom stereocenters. The summed E-state index contributed by atoms with van der Waals surface area (Å²) in [5.41, 5.74) is 8.30. The van der Waals surface area contributed by atoms with E-state index in [2.05, 4.69) is 10.0 Å². The van der Waals surface area contributed by atoms with Gasteiger partial charge < -0.3 is 14.7 Å². The molecule has 1 rings (SSSR count). The molecule has 1 heterocycles. The molecule has 0 bridgehead atoms. The Balaban J connectivity index is 2.38. The summed E-state index contributed by atoms with van der Waals surface area (Å²) < 4.78 is 5.04. The standard InChI is InChI=1S/C10H18N4O3/c1-2-3-6-17-10(16)14-5-4-8(12-13-11)9(15)7-14/h8-9,15H,2-7H2,1H3. The van der Waals surface area contributed by atoms with Gasteiger partial charge in [0.2, 0.25) is 0 Å². The van der Waals surface area contributed by atoms with Gasteiger partial charge in [-0.2, -0.15) is 0 Å². The lowest BCUT2D eigenvalue weighted by Gasteiger charge is -2.33. The first kappa shape index (κ1) is 13.6. The molecule has 1 amide bonds. The van der Waals surface area contributed by atoms with Crippen LogP contribution in [0.3, 0.4) is 0 Å². The molecule has 0 aromatic rings. The number of rotatable bonds is 4. The molecular formula is C10H18N4O3. The van der Waals surface area contributed by atoms with E-state index in [0.29, 0.717) is 19.6 Å². The fourth-order valence-corrected chi connectivity index (χ4v) is 1.68. The molecule has 1 fully saturated rings. The lowest BCUT2D eigenvalue weighted by atomic mass is 10.0. The average Bonchev–Trinajstić information content (AvgIpc) is 2.32. The Morgan fingerprint density at radius 3 is 3.06 bits per heavy atom. The van der Waals surface area contributed by atoms with Crippen LogP contribution in [0.5, 0.6) is 0 Å². The number of azide groups is 1. The molecule has 0 radical (unpaired) electrons. The SMILES string of the molecule is CCCCOC(=O)N1CCC(N=[N+]=[N-])C(O)C1. The highest BCUT2D eigenvalue weighted by molar-refractivity contribution is 5.67. The number of likely N-dealkylation sites (tertiary alicyclic amines) is 1. The van der Waals surface area contributed by atoms with Crippen molar-refractivity contribution in [1.82, 2.24) is 4.90 Å². The third kappa shape index (κ3) is 4.13. The van der Waals surface area contributed by atoms with Crippen LogP contribution in [-0.2, 0) is 4.74 Å². The van der Waals surface area contributed by atoms with Crippen LogP contribution in [0.15, 0.2) is 5.11 Å². The van der Waals surface area contributed by atoms with E-state index in [0.717, 1.165) is 12.8 Å². The van der Waals surface area contributed by atoms with E-state index in [1.165, 1.54) is 4.90 Å². The van der Waals surface area contributed by atoms with Crippen LogP contribution in [0, 0.1) is 0 Å². The molecule has 0 aliphatic carbocycles. The molecule has 2 atom stereocenters. The molecule has 17 heavy (non-hydrogen) atoms. The Labute approximate surface area is 100.0 Å².